The van der Waals surface area contributed by atoms with Gasteiger partial charge in [-0.1, -0.05) is 48.5 Å². The van der Waals surface area contributed by atoms with E-state index in [9.17, 15) is 0 Å². The molecule has 0 spiro atoms. The number of benzene rings is 1. The first kappa shape index (κ1) is 17.6. The molecule has 0 amide bonds. The topological polar surface area (TPSA) is 39.5 Å². The molecule has 1 aromatic rings. The quantitative estimate of drug-likeness (QED) is 0.755. The molecular weight excluding hydrogens is 330 g/mol. The Kier molecular flexibility index (Phi) is 5.47. The SMILES string of the molecule is C=C1C(/C(N=CCl)=C(\C)C=N)=CC2=C1CN(Cc1ccccc1)CC2. The molecule has 1 heterocycles. The highest BCUT2D eigenvalue weighted by molar-refractivity contribution is 6.56. The maximum Gasteiger partial charge on any atom is 0.0934 e. The highest BCUT2D eigenvalue weighted by Gasteiger charge is 2.28. The van der Waals surface area contributed by atoms with Crippen LogP contribution in [0.5, 0.6) is 0 Å². The average molecular weight is 352 g/mol. The summed E-state index contributed by atoms with van der Waals surface area (Å²) < 4.78 is 0. The lowest BCUT2D eigenvalue weighted by molar-refractivity contribution is 0.281. The summed E-state index contributed by atoms with van der Waals surface area (Å²) in [6, 6.07) is 10.5. The summed E-state index contributed by atoms with van der Waals surface area (Å²) in [5.41, 5.74) is 8.73. The molecule has 0 aromatic heterocycles. The van der Waals surface area contributed by atoms with E-state index in [2.05, 4.69) is 46.8 Å². The molecule has 0 saturated carbocycles. The van der Waals surface area contributed by atoms with Gasteiger partial charge in [-0.2, -0.15) is 0 Å². The van der Waals surface area contributed by atoms with Gasteiger partial charge in [-0.05, 0) is 47.3 Å². The fourth-order valence-corrected chi connectivity index (χ4v) is 3.49. The van der Waals surface area contributed by atoms with Gasteiger partial charge in [0.05, 0.1) is 11.4 Å². The summed E-state index contributed by atoms with van der Waals surface area (Å²) >= 11 is 5.71. The summed E-state index contributed by atoms with van der Waals surface area (Å²) in [4.78, 5) is 6.72. The molecule has 3 rings (SSSR count). The van der Waals surface area contributed by atoms with Crippen molar-refractivity contribution in [1.82, 2.24) is 4.90 Å². The second-order valence-corrected chi connectivity index (χ2v) is 6.58. The summed E-state index contributed by atoms with van der Waals surface area (Å²) in [7, 11) is 0. The highest BCUT2D eigenvalue weighted by Crippen LogP contribution is 2.39. The van der Waals surface area contributed by atoms with Crippen molar-refractivity contribution in [2.45, 2.75) is 19.9 Å². The van der Waals surface area contributed by atoms with E-state index in [0.29, 0.717) is 0 Å². The third-order valence-electron chi connectivity index (χ3n) is 4.75. The van der Waals surface area contributed by atoms with Crippen LogP contribution in [-0.4, -0.2) is 29.9 Å². The summed E-state index contributed by atoms with van der Waals surface area (Å²) in [5.74, 6) is 0. The van der Waals surface area contributed by atoms with Crippen LogP contribution >= 0.6 is 11.6 Å². The van der Waals surface area contributed by atoms with Crippen LogP contribution < -0.4 is 0 Å². The predicted molar refractivity (Wildman–Crippen MR) is 106 cm³/mol. The van der Waals surface area contributed by atoms with Gasteiger partial charge in [0.1, 0.15) is 0 Å². The van der Waals surface area contributed by atoms with Crippen molar-refractivity contribution >= 4 is 23.5 Å². The van der Waals surface area contributed by atoms with Crippen molar-refractivity contribution < 1.29 is 0 Å². The van der Waals surface area contributed by atoms with E-state index in [1.54, 1.807) is 0 Å². The lowest BCUT2D eigenvalue weighted by Crippen LogP contribution is -2.30. The Morgan fingerprint density at radius 1 is 1.36 bits per heavy atom. The Hall–Kier alpha value is -2.23. The molecule has 2 aliphatic rings. The number of nitrogens with zero attached hydrogens (tertiary/aromatic N) is 2. The molecule has 4 heteroatoms. The normalized spacial score (nSPS) is 19.1. The number of nitrogens with one attached hydrogen (secondary N) is 1. The average Bonchev–Trinajstić information content (AvgIpc) is 2.96. The number of rotatable bonds is 5. The van der Waals surface area contributed by atoms with Crippen LogP contribution in [0.25, 0.3) is 0 Å². The lowest BCUT2D eigenvalue weighted by atomic mass is 9.97. The van der Waals surface area contributed by atoms with E-state index >= 15 is 0 Å². The molecule has 0 bridgehead atoms. The van der Waals surface area contributed by atoms with Crippen molar-refractivity contribution in [3.63, 3.8) is 0 Å². The molecule has 3 nitrogen and oxygen atoms in total. The third kappa shape index (κ3) is 3.73. The molecule has 0 atom stereocenters. The van der Waals surface area contributed by atoms with Gasteiger partial charge in [-0.15, -0.1) is 0 Å². The zero-order chi connectivity index (χ0) is 17.8. The van der Waals surface area contributed by atoms with Gasteiger partial charge in [-0.25, -0.2) is 4.99 Å². The van der Waals surface area contributed by atoms with Gasteiger partial charge < -0.3 is 5.41 Å². The van der Waals surface area contributed by atoms with Crippen molar-refractivity contribution in [2.24, 2.45) is 4.99 Å². The monoisotopic (exact) mass is 351 g/mol. The van der Waals surface area contributed by atoms with Gasteiger partial charge in [0, 0.05) is 31.4 Å². The van der Waals surface area contributed by atoms with E-state index < -0.39 is 0 Å². The van der Waals surface area contributed by atoms with E-state index in [0.717, 1.165) is 48.5 Å². The summed E-state index contributed by atoms with van der Waals surface area (Å²) in [6.45, 7) is 9.05. The Morgan fingerprint density at radius 2 is 2.12 bits per heavy atom. The summed E-state index contributed by atoms with van der Waals surface area (Å²) in [5, 5.41) is 7.53. The molecule has 0 fully saturated rings. The van der Waals surface area contributed by atoms with Crippen LogP contribution in [0.15, 0.2) is 81.5 Å². The Labute approximate surface area is 154 Å². The standard InChI is InChI=1S/C21H22ClN3/c1-15(11-23)21(24-14-22)19-10-18-8-9-25(13-20(18)16(19)2)12-17-6-4-3-5-7-17/h3-7,10-11,14,23H,2,8-9,12-13H2,1H3/b21-15-,23-11?,24-14?. The van der Waals surface area contributed by atoms with Crippen molar-refractivity contribution in [2.75, 3.05) is 13.1 Å². The molecule has 25 heavy (non-hydrogen) atoms. The number of hydrogen-bond donors (Lipinski definition) is 1. The number of aliphatic imine (C=N–C) groups is 1. The van der Waals surface area contributed by atoms with E-state index in [4.69, 9.17) is 17.0 Å². The molecule has 0 unspecified atom stereocenters. The van der Waals surface area contributed by atoms with Crippen LogP contribution in [0.1, 0.15) is 18.9 Å². The Balaban J connectivity index is 1.79. The van der Waals surface area contributed by atoms with Crippen molar-refractivity contribution in [3.8, 4) is 0 Å². The van der Waals surface area contributed by atoms with Gasteiger partial charge >= 0.3 is 0 Å². The fourth-order valence-electron chi connectivity index (χ4n) is 3.39. The van der Waals surface area contributed by atoms with E-state index in [-0.39, 0.29) is 0 Å². The summed E-state index contributed by atoms with van der Waals surface area (Å²) in [6.07, 6.45) is 4.49. The Bertz CT molecular complexity index is 813. The first-order valence-electron chi connectivity index (χ1n) is 8.38. The van der Waals surface area contributed by atoms with Crippen LogP contribution in [0, 0.1) is 5.41 Å². The minimum absolute atomic E-state index is 0.735. The first-order valence-corrected chi connectivity index (χ1v) is 8.81. The molecular formula is C21H22ClN3. The molecule has 0 saturated heterocycles. The second-order valence-electron chi connectivity index (χ2n) is 6.39. The molecule has 128 valence electrons. The molecule has 1 aliphatic carbocycles. The highest BCUT2D eigenvalue weighted by atomic mass is 35.5. The maximum absolute atomic E-state index is 7.53. The molecule has 0 radical (unpaired) electrons. The van der Waals surface area contributed by atoms with Crippen molar-refractivity contribution in [1.29, 1.82) is 5.41 Å². The van der Waals surface area contributed by atoms with E-state index in [1.807, 2.05) is 13.0 Å². The number of hydrogen-bond acceptors (Lipinski definition) is 3. The minimum Gasteiger partial charge on any atom is -0.308 e. The van der Waals surface area contributed by atoms with Crippen LogP contribution in [-0.2, 0) is 6.54 Å². The van der Waals surface area contributed by atoms with Crippen LogP contribution in [0.2, 0.25) is 0 Å². The van der Waals surface area contributed by atoms with Crippen molar-refractivity contribution in [3.05, 3.63) is 82.1 Å². The Morgan fingerprint density at radius 3 is 2.80 bits per heavy atom. The van der Waals surface area contributed by atoms with Gasteiger partial charge in [0.25, 0.3) is 0 Å². The lowest BCUT2D eigenvalue weighted by Gasteiger charge is -2.28. The molecule has 1 N–H and O–H groups in total. The number of halogens is 1. The minimum atomic E-state index is 0.735. The zero-order valence-electron chi connectivity index (χ0n) is 14.4. The van der Waals surface area contributed by atoms with Gasteiger partial charge in [-0.3, -0.25) is 4.90 Å². The van der Waals surface area contributed by atoms with E-state index in [1.165, 1.54) is 28.6 Å². The smallest absolute Gasteiger partial charge is 0.0934 e. The maximum atomic E-state index is 7.53. The third-order valence-corrected chi connectivity index (χ3v) is 4.84. The first-order chi connectivity index (χ1) is 12.1. The second kappa shape index (κ2) is 7.77. The largest absolute Gasteiger partial charge is 0.308 e. The van der Waals surface area contributed by atoms with Crippen LogP contribution in [0.4, 0.5) is 0 Å². The van der Waals surface area contributed by atoms with Gasteiger partial charge in [0.2, 0.25) is 0 Å². The fraction of sp³-hybridized carbons (Fsp3) is 0.238. The van der Waals surface area contributed by atoms with Crippen LogP contribution in [0.3, 0.4) is 0 Å². The predicted octanol–water partition coefficient (Wildman–Crippen LogP) is 4.88. The zero-order valence-corrected chi connectivity index (χ0v) is 15.2. The molecule has 1 aliphatic heterocycles. The number of allylic oxidation sites excluding steroid dienone is 3. The van der Waals surface area contributed by atoms with Gasteiger partial charge in [0.15, 0.2) is 0 Å². The molecule has 1 aromatic carbocycles.